The predicted molar refractivity (Wildman–Crippen MR) is 113 cm³/mol. The standard InChI is InChI=1S/C21H22N4O3S/c26-17-4-1-15(2-5-17)7-8-22-20(27)18-14-24-21(29-18)16-3-6-19(23-13-16)25-9-11-28-12-10-25/h1-6,13-14,26H,7-12H2,(H,22,27). The van der Waals surface area contributed by atoms with E-state index in [9.17, 15) is 9.90 Å². The van der Waals surface area contributed by atoms with Gasteiger partial charge in [-0.25, -0.2) is 9.97 Å². The van der Waals surface area contributed by atoms with Crippen LogP contribution in [0.15, 0.2) is 48.8 Å². The molecule has 0 saturated carbocycles. The fourth-order valence-electron chi connectivity index (χ4n) is 3.07. The van der Waals surface area contributed by atoms with Crippen LogP contribution in [-0.4, -0.2) is 53.8 Å². The summed E-state index contributed by atoms with van der Waals surface area (Å²) in [5.74, 6) is 1.04. The molecule has 1 aliphatic heterocycles. The number of ether oxygens (including phenoxy) is 1. The van der Waals surface area contributed by atoms with Gasteiger partial charge in [-0.2, -0.15) is 0 Å². The lowest BCUT2D eigenvalue weighted by Crippen LogP contribution is -2.36. The summed E-state index contributed by atoms with van der Waals surface area (Å²) < 4.78 is 5.37. The number of carbonyl (C=O) groups excluding carboxylic acids is 1. The Morgan fingerprint density at radius 2 is 1.90 bits per heavy atom. The summed E-state index contributed by atoms with van der Waals surface area (Å²) in [5, 5.41) is 13.0. The quantitative estimate of drug-likeness (QED) is 0.650. The van der Waals surface area contributed by atoms with E-state index in [0.717, 1.165) is 48.3 Å². The summed E-state index contributed by atoms with van der Waals surface area (Å²) in [5.41, 5.74) is 1.95. The number of nitrogens with zero attached hydrogens (tertiary/aromatic N) is 3. The van der Waals surface area contributed by atoms with Gasteiger partial charge in [0.2, 0.25) is 0 Å². The third kappa shape index (κ3) is 4.90. The molecule has 4 rings (SSSR count). The summed E-state index contributed by atoms with van der Waals surface area (Å²) >= 11 is 1.35. The van der Waals surface area contributed by atoms with E-state index in [1.807, 2.05) is 24.3 Å². The van der Waals surface area contributed by atoms with Crippen LogP contribution < -0.4 is 10.2 Å². The first-order valence-corrected chi connectivity index (χ1v) is 10.3. The predicted octanol–water partition coefficient (Wildman–Crippen LogP) is 2.72. The van der Waals surface area contributed by atoms with Crippen LogP contribution in [-0.2, 0) is 11.2 Å². The van der Waals surface area contributed by atoms with Gasteiger partial charge in [-0.15, -0.1) is 11.3 Å². The molecule has 0 spiro atoms. The molecule has 2 aromatic heterocycles. The zero-order valence-electron chi connectivity index (χ0n) is 15.9. The maximum Gasteiger partial charge on any atom is 0.263 e. The van der Waals surface area contributed by atoms with E-state index in [1.165, 1.54) is 11.3 Å². The van der Waals surface area contributed by atoms with Gasteiger partial charge in [0.05, 0.1) is 19.4 Å². The number of hydrogen-bond donors (Lipinski definition) is 2. The Morgan fingerprint density at radius 1 is 1.10 bits per heavy atom. The molecule has 150 valence electrons. The van der Waals surface area contributed by atoms with Gasteiger partial charge in [0, 0.05) is 31.4 Å². The van der Waals surface area contributed by atoms with Crippen molar-refractivity contribution < 1.29 is 14.6 Å². The van der Waals surface area contributed by atoms with Gasteiger partial charge in [0.25, 0.3) is 5.91 Å². The number of hydrogen-bond acceptors (Lipinski definition) is 7. The first-order chi connectivity index (χ1) is 14.2. The lowest BCUT2D eigenvalue weighted by molar-refractivity contribution is 0.0958. The molecule has 29 heavy (non-hydrogen) atoms. The molecule has 1 aliphatic rings. The van der Waals surface area contributed by atoms with Gasteiger partial charge in [0.15, 0.2) is 0 Å². The first-order valence-electron chi connectivity index (χ1n) is 9.50. The van der Waals surface area contributed by atoms with E-state index in [0.29, 0.717) is 17.8 Å². The average Bonchev–Trinajstić information content (AvgIpc) is 3.26. The summed E-state index contributed by atoms with van der Waals surface area (Å²) in [6.45, 7) is 3.66. The summed E-state index contributed by atoms with van der Waals surface area (Å²) in [6, 6.07) is 11.0. The Balaban J connectivity index is 1.33. The minimum Gasteiger partial charge on any atom is -0.508 e. The SMILES string of the molecule is O=C(NCCc1ccc(O)cc1)c1cnc(-c2ccc(N3CCOCC3)nc2)s1. The van der Waals surface area contributed by atoms with Crippen LogP contribution in [0.3, 0.4) is 0 Å². The second kappa shape index (κ2) is 9.02. The molecule has 1 saturated heterocycles. The zero-order chi connectivity index (χ0) is 20.1. The van der Waals surface area contributed by atoms with Crippen molar-refractivity contribution in [3.63, 3.8) is 0 Å². The maximum atomic E-state index is 12.4. The monoisotopic (exact) mass is 410 g/mol. The Hall–Kier alpha value is -2.97. The molecule has 0 aliphatic carbocycles. The Labute approximate surface area is 173 Å². The number of pyridine rings is 1. The smallest absolute Gasteiger partial charge is 0.263 e. The lowest BCUT2D eigenvalue weighted by Gasteiger charge is -2.27. The van der Waals surface area contributed by atoms with E-state index < -0.39 is 0 Å². The number of amides is 1. The van der Waals surface area contributed by atoms with Crippen LogP contribution in [0, 0.1) is 0 Å². The minimum atomic E-state index is -0.134. The molecular weight excluding hydrogens is 388 g/mol. The topological polar surface area (TPSA) is 87.6 Å². The Bertz CT molecular complexity index is 951. The molecule has 0 bridgehead atoms. The van der Waals surface area contributed by atoms with Gasteiger partial charge >= 0.3 is 0 Å². The minimum absolute atomic E-state index is 0.134. The van der Waals surface area contributed by atoms with Gasteiger partial charge in [-0.3, -0.25) is 4.79 Å². The first kappa shape index (κ1) is 19.4. The number of phenolic OH excluding ortho intramolecular Hbond substituents is 1. The number of anilines is 1. The average molecular weight is 410 g/mol. The number of aromatic hydroxyl groups is 1. The molecule has 1 aromatic carbocycles. The number of nitrogens with one attached hydrogen (secondary N) is 1. The Morgan fingerprint density at radius 3 is 2.62 bits per heavy atom. The van der Waals surface area contributed by atoms with Crippen molar-refractivity contribution in [2.24, 2.45) is 0 Å². The fourth-order valence-corrected chi connectivity index (χ4v) is 3.90. The summed E-state index contributed by atoms with van der Waals surface area (Å²) in [6.07, 6.45) is 4.10. The van der Waals surface area contributed by atoms with Crippen LogP contribution in [0.5, 0.6) is 5.75 Å². The highest BCUT2D eigenvalue weighted by Gasteiger charge is 2.14. The third-order valence-corrected chi connectivity index (χ3v) is 5.74. The lowest BCUT2D eigenvalue weighted by atomic mass is 10.1. The molecule has 0 unspecified atom stereocenters. The van der Waals surface area contributed by atoms with E-state index >= 15 is 0 Å². The highest BCUT2D eigenvalue weighted by atomic mass is 32.1. The molecule has 0 atom stereocenters. The maximum absolute atomic E-state index is 12.4. The number of carbonyl (C=O) groups is 1. The second-order valence-corrected chi connectivity index (χ2v) is 7.74. The number of phenols is 1. The van der Waals surface area contributed by atoms with Crippen molar-refractivity contribution >= 4 is 23.1 Å². The van der Waals surface area contributed by atoms with Crippen molar-refractivity contribution in [1.29, 1.82) is 0 Å². The summed E-state index contributed by atoms with van der Waals surface area (Å²) in [7, 11) is 0. The largest absolute Gasteiger partial charge is 0.508 e. The van der Waals surface area contributed by atoms with E-state index in [-0.39, 0.29) is 11.7 Å². The third-order valence-electron chi connectivity index (χ3n) is 4.69. The van der Waals surface area contributed by atoms with Crippen molar-refractivity contribution in [3.8, 4) is 16.3 Å². The van der Waals surface area contributed by atoms with Crippen LogP contribution in [0.25, 0.3) is 10.6 Å². The van der Waals surface area contributed by atoms with Crippen LogP contribution in [0.4, 0.5) is 5.82 Å². The summed E-state index contributed by atoms with van der Waals surface area (Å²) in [4.78, 5) is 24.1. The zero-order valence-corrected chi connectivity index (χ0v) is 16.7. The number of morpholine rings is 1. The van der Waals surface area contributed by atoms with Crippen LogP contribution >= 0.6 is 11.3 Å². The molecular formula is C21H22N4O3S. The molecule has 3 heterocycles. The van der Waals surface area contributed by atoms with E-state index in [4.69, 9.17) is 4.74 Å². The van der Waals surface area contributed by atoms with E-state index in [2.05, 4.69) is 20.2 Å². The number of aromatic nitrogens is 2. The van der Waals surface area contributed by atoms with Crippen molar-refractivity contribution in [1.82, 2.24) is 15.3 Å². The van der Waals surface area contributed by atoms with Crippen molar-refractivity contribution in [2.45, 2.75) is 6.42 Å². The highest BCUT2D eigenvalue weighted by molar-refractivity contribution is 7.16. The molecule has 1 amide bonds. The molecule has 3 aromatic rings. The normalized spacial score (nSPS) is 14.0. The van der Waals surface area contributed by atoms with Crippen LogP contribution in [0.2, 0.25) is 0 Å². The fraction of sp³-hybridized carbons (Fsp3) is 0.286. The molecule has 2 N–H and O–H groups in total. The molecule has 7 nitrogen and oxygen atoms in total. The molecule has 1 fully saturated rings. The highest BCUT2D eigenvalue weighted by Crippen LogP contribution is 2.26. The van der Waals surface area contributed by atoms with Gasteiger partial charge in [-0.05, 0) is 36.2 Å². The van der Waals surface area contributed by atoms with Gasteiger partial charge in [0.1, 0.15) is 21.5 Å². The van der Waals surface area contributed by atoms with Gasteiger partial charge < -0.3 is 20.1 Å². The van der Waals surface area contributed by atoms with Gasteiger partial charge in [-0.1, -0.05) is 12.1 Å². The second-order valence-electron chi connectivity index (χ2n) is 6.71. The Kier molecular flexibility index (Phi) is 6.02. The van der Waals surface area contributed by atoms with Crippen LogP contribution in [0.1, 0.15) is 15.2 Å². The molecule has 8 heteroatoms. The number of rotatable bonds is 6. The number of benzene rings is 1. The number of thiazole rings is 1. The van der Waals surface area contributed by atoms with E-state index in [1.54, 1.807) is 24.5 Å². The van der Waals surface area contributed by atoms with Crippen molar-refractivity contribution in [2.75, 3.05) is 37.7 Å². The van der Waals surface area contributed by atoms with Crippen molar-refractivity contribution in [3.05, 3.63) is 59.2 Å². The molecule has 0 radical (unpaired) electrons.